The fourth-order valence-corrected chi connectivity index (χ4v) is 2.77. The van der Waals surface area contributed by atoms with E-state index < -0.39 is 23.3 Å². The zero-order valence-electron chi connectivity index (χ0n) is 13.6. The van der Waals surface area contributed by atoms with Crippen LogP contribution in [0.1, 0.15) is 22.8 Å². The minimum absolute atomic E-state index is 0.0465. The molecular weight excluding hydrogens is 365 g/mol. The molecule has 0 aliphatic heterocycles. The number of fused-ring (bicyclic) bond motifs is 1. The van der Waals surface area contributed by atoms with Crippen molar-refractivity contribution < 1.29 is 23.1 Å². The first-order valence-electron chi connectivity index (χ1n) is 7.69. The summed E-state index contributed by atoms with van der Waals surface area (Å²) in [4.78, 5) is 36.2. The highest BCUT2D eigenvalue weighted by Gasteiger charge is 2.19. The molecule has 0 amide bonds. The third-order valence-electron chi connectivity index (χ3n) is 3.68. The van der Waals surface area contributed by atoms with E-state index in [4.69, 9.17) is 20.8 Å². The maximum Gasteiger partial charge on any atom is 0.420 e. The number of hydrogen-bond donors (Lipinski definition) is 0. The lowest BCUT2D eigenvalue weighted by Gasteiger charge is -2.06. The van der Waals surface area contributed by atoms with Gasteiger partial charge in [0.15, 0.2) is 11.4 Å². The number of hydrogen-bond acceptors (Lipinski definition) is 5. The number of ether oxygens (including phenoxy) is 1. The standard InChI is InChI=1S/C18H13ClFNO5/c1-2-25-16(22)9-21-14-8-13(19)12(7-15(14)26-18(21)24)17(23)10-4-3-5-11(20)6-10/h3-8H,2,9H2,1H3. The van der Waals surface area contributed by atoms with Crippen LogP contribution in [0, 0.1) is 5.82 Å². The summed E-state index contributed by atoms with van der Waals surface area (Å²) in [5.41, 5.74) is 0.508. The van der Waals surface area contributed by atoms with Crippen molar-refractivity contribution in [3.05, 3.63) is 68.9 Å². The molecule has 0 unspecified atom stereocenters. The quantitative estimate of drug-likeness (QED) is 0.504. The Hall–Kier alpha value is -2.93. The maximum atomic E-state index is 13.3. The smallest absolute Gasteiger partial charge is 0.420 e. The third kappa shape index (κ3) is 3.39. The van der Waals surface area contributed by atoms with Crippen molar-refractivity contribution in [2.24, 2.45) is 0 Å². The van der Waals surface area contributed by atoms with Gasteiger partial charge < -0.3 is 9.15 Å². The van der Waals surface area contributed by atoms with Crippen LogP contribution in [0.25, 0.3) is 11.1 Å². The number of halogens is 2. The predicted molar refractivity (Wildman–Crippen MR) is 91.9 cm³/mol. The van der Waals surface area contributed by atoms with Crippen molar-refractivity contribution in [1.29, 1.82) is 0 Å². The molecule has 0 atom stereocenters. The largest absolute Gasteiger partial charge is 0.465 e. The topological polar surface area (TPSA) is 78.5 Å². The average molecular weight is 378 g/mol. The first-order valence-corrected chi connectivity index (χ1v) is 8.07. The molecule has 134 valence electrons. The lowest BCUT2D eigenvalue weighted by atomic mass is 10.0. The Morgan fingerprint density at radius 3 is 2.73 bits per heavy atom. The van der Waals surface area contributed by atoms with Crippen molar-refractivity contribution in [2.75, 3.05) is 6.61 Å². The van der Waals surface area contributed by atoms with E-state index in [-0.39, 0.29) is 40.4 Å². The van der Waals surface area contributed by atoms with Crippen LogP contribution in [0.2, 0.25) is 5.02 Å². The number of oxazole rings is 1. The van der Waals surface area contributed by atoms with Crippen LogP contribution in [-0.2, 0) is 16.1 Å². The van der Waals surface area contributed by atoms with Gasteiger partial charge in [-0.05, 0) is 31.2 Å². The Balaban J connectivity index is 2.05. The van der Waals surface area contributed by atoms with Crippen molar-refractivity contribution in [2.45, 2.75) is 13.5 Å². The van der Waals surface area contributed by atoms with Crippen molar-refractivity contribution in [3.8, 4) is 0 Å². The number of carbonyl (C=O) groups is 2. The summed E-state index contributed by atoms with van der Waals surface area (Å²) in [6.45, 7) is 1.49. The van der Waals surface area contributed by atoms with E-state index in [1.807, 2.05) is 0 Å². The molecule has 0 bridgehead atoms. The lowest BCUT2D eigenvalue weighted by molar-refractivity contribution is -0.143. The van der Waals surface area contributed by atoms with Crippen LogP contribution in [-0.4, -0.2) is 22.9 Å². The Morgan fingerprint density at radius 2 is 2.04 bits per heavy atom. The molecule has 0 saturated heterocycles. The van der Waals surface area contributed by atoms with Crippen molar-refractivity contribution in [1.82, 2.24) is 4.57 Å². The predicted octanol–water partition coefficient (Wildman–Crippen LogP) is 3.18. The SMILES string of the molecule is CCOC(=O)Cn1c(=O)oc2cc(C(=O)c3cccc(F)c3)c(Cl)cc21. The number of ketones is 1. The summed E-state index contributed by atoms with van der Waals surface area (Å²) in [6, 6.07) is 7.82. The summed E-state index contributed by atoms with van der Waals surface area (Å²) >= 11 is 6.18. The number of benzene rings is 2. The highest BCUT2D eigenvalue weighted by molar-refractivity contribution is 6.35. The minimum Gasteiger partial charge on any atom is -0.465 e. The Kier molecular flexibility index (Phi) is 4.90. The molecule has 3 rings (SSSR count). The van der Waals surface area contributed by atoms with E-state index in [0.29, 0.717) is 0 Å². The van der Waals surface area contributed by atoms with Gasteiger partial charge in [-0.2, -0.15) is 0 Å². The molecule has 1 aromatic heterocycles. The van der Waals surface area contributed by atoms with E-state index in [1.165, 1.54) is 30.3 Å². The Morgan fingerprint density at radius 1 is 1.27 bits per heavy atom. The van der Waals surface area contributed by atoms with Crippen LogP contribution in [0.5, 0.6) is 0 Å². The van der Waals surface area contributed by atoms with Crippen molar-refractivity contribution >= 4 is 34.5 Å². The first kappa shape index (κ1) is 17.9. The summed E-state index contributed by atoms with van der Waals surface area (Å²) in [6.07, 6.45) is 0. The monoisotopic (exact) mass is 377 g/mol. The van der Waals surface area contributed by atoms with Gasteiger partial charge in [0.25, 0.3) is 0 Å². The van der Waals surface area contributed by atoms with E-state index in [9.17, 15) is 18.8 Å². The molecule has 0 radical (unpaired) electrons. The highest BCUT2D eigenvalue weighted by atomic mass is 35.5. The molecule has 0 spiro atoms. The molecule has 3 aromatic rings. The number of esters is 1. The Labute approximate surface area is 151 Å². The zero-order chi connectivity index (χ0) is 18.8. The number of nitrogens with zero attached hydrogens (tertiary/aromatic N) is 1. The summed E-state index contributed by atoms with van der Waals surface area (Å²) in [5.74, 6) is -2.45. The van der Waals surface area contributed by atoms with Gasteiger partial charge in [-0.3, -0.25) is 14.2 Å². The fourth-order valence-electron chi connectivity index (χ4n) is 2.53. The second-order valence-corrected chi connectivity index (χ2v) is 5.81. The molecule has 2 aromatic carbocycles. The lowest BCUT2D eigenvalue weighted by Crippen LogP contribution is -2.21. The number of carbonyl (C=O) groups excluding carboxylic acids is 2. The van der Waals surface area contributed by atoms with E-state index >= 15 is 0 Å². The van der Waals surface area contributed by atoms with E-state index in [0.717, 1.165) is 10.6 Å². The average Bonchev–Trinajstić information content (AvgIpc) is 2.89. The summed E-state index contributed by atoms with van der Waals surface area (Å²) < 4.78 is 24.3. The number of aromatic nitrogens is 1. The number of rotatable bonds is 5. The molecule has 0 saturated carbocycles. The van der Waals surface area contributed by atoms with Gasteiger partial charge in [0.1, 0.15) is 12.4 Å². The zero-order valence-corrected chi connectivity index (χ0v) is 14.4. The highest BCUT2D eigenvalue weighted by Crippen LogP contribution is 2.26. The normalized spacial score (nSPS) is 10.9. The summed E-state index contributed by atoms with van der Waals surface area (Å²) in [5, 5.41) is 0.0465. The van der Waals surface area contributed by atoms with Gasteiger partial charge in [0.2, 0.25) is 0 Å². The van der Waals surface area contributed by atoms with E-state index in [1.54, 1.807) is 6.92 Å². The molecule has 0 fully saturated rings. The minimum atomic E-state index is -0.778. The van der Waals surface area contributed by atoms with Crippen LogP contribution >= 0.6 is 11.6 Å². The first-order chi connectivity index (χ1) is 12.4. The van der Waals surface area contributed by atoms with Crippen LogP contribution in [0.15, 0.2) is 45.6 Å². The van der Waals surface area contributed by atoms with E-state index in [2.05, 4.69) is 0 Å². The molecule has 0 aliphatic carbocycles. The molecule has 6 nitrogen and oxygen atoms in total. The second-order valence-electron chi connectivity index (χ2n) is 5.40. The van der Waals surface area contributed by atoms with Gasteiger partial charge >= 0.3 is 11.7 Å². The second kappa shape index (κ2) is 7.13. The molecule has 1 heterocycles. The maximum absolute atomic E-state index is 13.3. The van der Waals surface area contributed by atoms with Crippen LogP contribution in [0.4, 0.5) is 4.39 Å². The molecule has 0 N–H and O–H groups in total. The van der Waals surface area contributed by atoms with Gasteiger partial charge in [-0.25, -0.2) is 9.18 Å². The molecule has 0 aliphatic rings. The Bertz CT molecular complexity index is 1070. The van der Waals surface area contributed by atoms with Gasteiger partial charge in [-0.15, -0.1) is 0 Å². The molecule has 26 heavy (non-hydrogen) atoms. The third-order valence-corrected chi connectivity index (χ3v) is 3.99. The van der Waals surface area contributed by atoms with Crippen LogP contribution < -0.4 is 5.76 Å². The van der Waals surface area contributed by atoms with Gasteiger partial charge in [-0.1, -0.05) is 23.7 Å². The van der Waals surface area contributed by atoms with Crippen molar-refractivity contribution in [3.63, 3.8) is 0 Å². The van der Waals surface area contributed by atoms with Gasteiger partial charge in [0, 0.05) is 11.1 Å². The molecular formula is C18H13ClFNO5. The van der Waals surface area contributed by atoms with Gasteiger partial charge in [0.05, 0.1) is 17.1 Å². The molecule has 8 heteroatoms. The fraction of sp³-hybridized carbons (Fsp3) is 0.167. The summed E-state index contributed by atoms with van der Waals surface area (Å²) in [7, 11) is 0. The van der Waals surface area contributed by atoms with Crippen LogP contribution in [0.3, 0.4) is 0 Å².